The number of likely N-dealkylation sites (tertiary alicyclic amines) is 1. The van der Waals surface area contributed by atoms with Gasteiger partial charge in [0.2, 0.25) is 0 Å². The van der Waals surface area contributed by atoms with Crippen LogP contribution < -0.4 is 5.73 Å². The Balaban J connectivity index is 0.000001000. The summed E-state index contributed by atoms with van der Waals surface area (Å²) >= 11 is 1.56. The molecule has 0 aliphatic carbocycles. The molecule has 7 heteroatoms. The molecule has 2 heterocycles. The van der Waals surface area contributed by atoms with Gasteiger partial charge in [-0.3, -0.25) is 4.79 Å². The van der Waals surface area contributed by atoms with E-state index in [0.717, 1.165) is 41.7 Å². The first kappa shape index (κ1) is 17.2. The molecule has 0 bridgehead atoms. The molecular weight excluding hydrogens is 317 g/mol. The number of hydrogen-bond acceptors (Lipinski definition) is 4. The first-order valence-corrected chi connectivity index (χ1v) is 7.00. The van der Waals surface area contributed by atoms with Crippen LogP contribution in [-0.2, 0) is 0 Å². The lowest BCUT2D eigenvalue weighted by Crippen LogP contribution is -2.42. The summed E-state index contributed by atoms with van der Waals surface area (Å²) in [5.41, 5.74) is 9.36. The Morgan fingerprint density at radius 2 is 2.00 bits per heavy atom. The molecule has 0 spiro atoms. The molecule has 1 fully saturated rings. The highest BCUT2D eigenvalue weighted by molar-refractivity contribution is 7.16. The standard InChI is InChI=1S/C13H15N3OS.2ClH/c14-10-3-5-16(6-4-10)13(17)9-1-2-11-12(7-9)18-8-15-11;;/h1-2,7-8,10H,3-6,14H2;2*1H. The number of thiazole rings is 1. The molecule has 1 aromatic heterocycles. The Hall–Kier alpha value is -0.880. The van der Waals surface area contributed by atoms with Crippen molar-refractivity contribution in [3.63, 3.8) is 0 Å². The van der Waals surface area contributed by atoms with Crippen molar-refractivity contribution >= 4 is 52.3 Å². The fraction of sp³-hybridized carbons (Fsp3) is 0.385. The highest BCUT2D eigenvalue weighted by Gasteiger charge is 2.21. The van der Waals surface area contributed by atoms with E-state index in [1.807, 2.05) is 23.1 Å². The van der Waals surface area contributed by atoms with Crippen molar-refractivity contribution in [1.82, 2.24) is 9.88 Å². The lowest BCUT2D eigenvalue weighted by atomic mass is 10.0. The maximum atomic E-state index is 12.3. The summed E-state index contributed by atoms with van der Waals surface area (Å²) in [6, 6.07) is 5.95. The zero-order valence-electron chi connectivity index (χ0n) is 10.8. The molecule has 1 saturated heterocycles. The van der Waals surface area contributed by atoms with Crippen molar-refractivity contribution < 1.29 is 4.79 Å². The topological polar surface area (TPSA) is 59.2 Å². The molecular formula is C13H17Cl2N3OS. The highest BCUT2D eigenvalue weighted by atomic mass is 35.5. The number of carbonyl (C=O) groups excluding carboxylic acids is 1. The van der Waals surface area contributed by atoms with Crippen LogP contribution in [0.1, 0.15) is 23.2 Å². The molecule has 3 rings (SSSR count). The predicted molar refractivity (Wildman–Crippen MR) is 87.2 cm³/mol. The third-order valence-corrected chi connectivity index (χ3v) is 4.20. The number of nitrogens with two attached hydrogens (primary N) is 1. The molecule has 0 radical (unpaired) electrons. The third-order valence-electron chi connectivity index (χ3n) is 3.41. The second-order valence-corrected chi connectivity index (χ2v) is 5.55. The van der Waals surface area contributed by atoms with Crippen molar-refractivity contribution in [3.8, 4) is 0 Å². The van der Waals surface area contributed by atoms with Crippen molar-refractivity contribution in [1.29, 1.82) is 0 Å². The molecule has 0 atom stereocenters. The van der Waals surface area contributed by atoms with Crippen molar-refractivity contribution in [3.05, 3.63) is 29.3 Å². The van der Waals surface area contributed by atoms with Crippen LogP contribution in [0.25, 0.3) is 10.2 Å². The Kier molecular flexibility index (Phi) is 6.20. The minimum absolute atomic E-state index is 0. The predicted octanol–water partition coefficient (Wildman–Crippen LogP) is 2.70. The fourth-order valence-electron chi connectivity index (χ4n) is 2.27. The summed E-state index contributed by atoms with van der Waals surface area (Å²) in [5, 5.41) is 0. The van der Waals surface area contributed by atoms with Gasteiger partial charge in [0, 0.05) is 24.7 Å². The van der Waals surface area contributed by atoms with E-state index in [1.165, 1.54) is 0 Å². The summed E-state index contributed by atoms with van der Waals surface area (Å²) < 4.78 is 1.06. The van der Waals surface area contributed by atoms with Gasteiger partial charge in [-0.05, 0) is 31.0 Å². The van der Waals surface area contributed by atoms with E-state index in [4.69, 9.17) is 5.73 Å². The van der Waals surface area contributed by atoms with Crippen LogP contribution in [0.5, 0.6) is 0 Å². The van der Waals surface area contributed by atoms with E-state index >= 15 is 0 Å². The first-order valence-electron chi connectivity index (χ1n) is 6.12. The number of carbonyl (C=O) groups is 1. The zero-order valence-corrected chi connectivity index (χ0v) is 13.3. The van der Waals surface area contributed by atoms with Gasteiger partial charge < -0.3 is 10.6 Å². The van der Waals surface area contributed by atoms with Crippen molar-refractivity contribution in [2.45, 2.75) is 18.9 Å². The molecule has 0 unspecified atom stereocenters. The van der Waals surface area contributed by atoms with E-state index < -0.39 is 0 Å². The second-order valence-electron chi connectivity index (χ2n) is 4.66. The Morgan fingerprint density at radius 1 is 1.30 bits per heavy atom. The quantitative estimate of drug-likeness (QED) is 0.872. The largest absolute Gasteiger partial charge is 0.339 e. The van der Waals surface area contributed by atoms with Gasteiger partial charge in [0.05, 0.1) is 15.7 Å². The van der Waals surface area contributed by atoms with Gasteiger partial charge in [0.1, 0.15) is 0 Å². The number of rotatable bonds is 1. The maximum Gasteiger partial charge on any atom is 0.253 e. The van der Waals surface area contributed by atoms with Crippen LogP contribution in [-0.4, -0.2) is 34.9 Å². The molecule has 110 valence electrons. The summed E-state index contributed by atoms with van der Waals surface area (Å²) in [4.78, 5) is 18.5. The SMILES string of the molecule is Cl.Cl.NC1CCN(C(=O)c2ccc3ncsc3c2)CC1. The second kappa shape index (κ2) is 7.22. The average molecular weight is 334 g/mol. The minimum Gasteiger partial charge on any atom is -0.339 e. The maximum absolute atomic E-state index is 12.3. The molecule has 2 N–H and O–H groups in total. The fourth-order valence-corrected chi connectivity index (χ4v) is 2.99. The molecule has 0 saturated carbocycles. The number of fused-ring (bicyclic) bond motifs is 1. The Labute approximate surface area is 134 Å². The lowest BCUT2D eigenvalue weighted by Gasteiger charge is -2.30. The van der Waals surface area contributed by atoms with Crippen LogP contribution in [0.3, 0.4) is 0 Å². The van der Waals surface area contributed by atoms with Crippen LogP contribution in [0.2, 0.25) is 0 Å². The van der Waals surface area contributed by atoms with Crippen LogP contribution in [0, 0.1) is 0 Å². The number of amides is 1. The van der Waals surface area contributed by atoms with E-state index in [2.05, 4.69) is 4.98 Å². The van der Waals surface area contributed by atoms with Gasteiger partial charge in [0.15, 0.2) is 0 Å². The molecule has 1 aliphatic heterocycles. The number of benzene rings is 1. The van der Waals surface area contributed by atoms with Crippen LogP contribution in [0.15, 0.2) is 23.7 Å². The molecule has 1 aromatic carbocycles. The molecule has 20 heavy (non-hydrogen) atoms. The minimum atomic E-state index is 0. The summed E-state index contributed by atoms with van der Waals surface area (Å²) in [5.74, 6) is 0.109. The van der Waals surface area contributed by atoms with Gasteiger partial charge in [-0.1, -0.05) is 0 Å². The van der Waals surface area contributed by atoms with Gasteiger partial charge >= 0.3 is 0 Å². The van der Waals surface area contributed by atoms with Gasteiger partial charge in [0.25, 0.3) is 5.91 Å². The molecule has 2 aromatic rings. The van der Waals surface area contributed by atoms with Crippen LogP contribution >= 0.6 is 36.2 Å². The number of nitrogens with zero attached hydrogens (tertiary/aromatic N) is 2. The average Bonchev–Trinajstić information content (AvgIpc) is 2.86. The third kappa shape index (κ3) is 3.41. The van der Waals surface area contributed by atoms with Gasteiger partial charge in [-0.25, -0.2) is 4.98 Å². The molecule has 1 aliphatic rings. The first-order chi connectivity index (χ1) is 8.74. The monoisotopic (exact) mass is 333 g/mol. The van der Waals surface area contributed by atoms with Crippen molar-refractivity contribution in [2.75, 3.05) is 13.1 Å². The number of halogens is 2. The van der Waals surface area contributed by atoms with E-state index in [0.29, 0.717) is 0 Å². The van der Waals surface area contributed by atoms with Crippen molar-refractivity contribution in [2.24, 2.45) is 5.73 Å². The lowest BCUT2D eigenvalue weighted by molar-refractivity contribution is 0.0715. The molecule has 1 amide bonds. The Bertz CT molecular complexity index is 582. The zero-order chi connectivity index (χ0) is 12.5. The Morgan fingerprint density at radius 3 is 2.70 bits per heavy atom. The summed E-state index contributed by atoms with van der Waals surface area (Å²) in [6.45, 7) is 1.53. The summed E-state index contributed by atoms with van der Waals surface area (Å²) in [7, 11) is 0. The number of hydrogen-bond donors (Lipinski definition) is 1. The molecule has 4 nitrogen and oxygen atoms in total. The summed E-state index contributed by atoms with van der Waals surface area (Å²) in [6.07, 6.45) is 1.79. The number of piperidine rings is 1. The van der Waals surface area contributed by atoms with Gasteiger partial charge in [-0.15, -0.1) is 36.2 Å². The normalized spacial score (nSPS) is 15.6. The van der Waals surface area contributed by atoms with E-state index in [9.17, 15) is 4.79 Å². The van der Waals surface area contributed by atoms with Crippen LogP contribution in [0.4, 0.5) is 0 Å². The number of aromatic nitrogens is 1. The highest BCUT2D eigenvalue weighted by Crippen LogP contribution is 2.21. The van der Waals surface area contributed by atoms with E-state index in [-0.39, 0.29) is 36.8 Å². The van der Waals surface area contributed by atoms with E-state index in [1.54, 1.807) is 16.8 Å². The smallest absolute Gasteiger partial charge is 0.253 e. The van der Waals surface area contributed by atoms with Gasteiger partial charge in [-0.2, -0.15) is 0 Å².